The third-order valence-corrected chi connectivity index (χ3v) is 7.51. The summed E-state index contributed by atoms with van der Waals surface area (Å²) in [5.74, 6) is -1.37. The number of amides is 2. The average molecular weight is 592 g/mol. The van der Waals surface area contributed by atoms with E-state index in [1.807, 2.05) is 6.07 Å². The molecule has 1 saturated heterocycles. The number of halogens is 6. The first-order chi connectivity index (χ1) is 19.1. The van der Waals surface area contributed by atoms with Crippen molar-refractivity contribution in [1.29, 1.82) is 0 Å². The standard InChI is InChI=1S/C25H30F3N3O3.C2HF3O2/c1-31-12-11-24(16-7-8-20(33-2)21(14-16)34-3)10-9-19(15-22(24)31)30-23(32)29-18-6-4-5-17(13-18)25(26,27)28;3-2(4,5)1(6)7/h4-8,13-14,19,22H,9-12,15H2,1-3H3,(H2,29,30,32);(H,6,7)/t19-,22+,24+;/m1./s1. The van der Waals surface area contributed by atoms with Crippen LogP contribution in [-0.4, -0.2) is 68.1 Å². The van der Waals surface area contributed by atoms with Crippen molar-refractivity contribution in [1.82, 2.24) is 10.2 Å². The van der Waals surface area contributed by atoms with Gasteiger partial charge in [0, 0.05) is 23.2 Å². The highest BCUT2D eigenvalue weighted by Gasteiger charge is 2.50. The number of carbonyl (C=O) groups is 2. The van der Waals surface area contributed by atoms with Gasteiger partial charge in [0.05, 0.1) is 19.8 Å². The van der Waals surface area contributed by atoms with Crippen molar-refractivity contribution in [2.75, 3.05) is 33.1 Å². The molecule has 2 aliphatic rings. The number of rotatable bonds is 5. The highest BCUT2D eigenvalue weighted by Crippen LogP contribution is 2.49. The van der Waals surface area contributed by atoms with Crippen LogP contribution in [0.2, 0.25) is 0 Å². The largest absolute Gasteiger partial charge is 0.493 e. The molecule has 41 heavy (non-hydrogen) atoms. The third-order valence-electron chi connectivity index (χ3n) is 7.51. The van der Waals surface area contributed by atoms with E-state index in [1.165, 1.54) is 17.7 Å². The summed E-state index contributed by atoms with van der Waals surface area (Å²) in [4.78, 5) is 23.8. The normalized spacial score (nSPS) is 22.6. The van der Waals surface area contributed by atoms with E-state index in [2.05, 4.69) is 34.7 Å². The van der Waals surface area contributed by atoms with Crippen LogP contribution in [0.3, 0.4) is 0 Å². The fourth-order valence-electron chi connectivity index (χ4n) is 5.52. The average Bonchev–Trinajstić information content (AvgIpc) is 3.24. The molecule has 3 atom stereocenters. The molecule has 0 radical (unpaired) electrons. The summed E-state index contributed by atoms with van der Waals surface area (Å²) in [7, 11) is 5.34. The van der Waals surface area contributed by atoms with E-state index in [9.17, 15) is 31.1 Å². The van der Waals surface area contributed by atoms with E-state index in [0.717, 1.165) is 44.4 Å². The number of carboxylic acids is 1. The van der Waals surface area contributed by atoms with Gasteiger partial charge in [-0.25, -0.2) is 9.59 Å². The number of ether oxygens (including phenoxy) is 2. The van der Waals surface area contributed by atoms with Crippen molar-refractivity contribution in [3.8, 4) is 11.5 Å². The Morgan fingerprint density at radius 1 is 1.00 bits per heavy atom. The Bertz CT molecular complexity index is 1240. The molecule has 1 aliphatic carbocycles. The fourth-order valence-corrected chi connectivity index (χ4v) is 5.52. The number of likely N-dealkylation sites (N-methyl/N-ethyl adjacent to an activating group) is 1. The van der Waals surface area contributed by atoms with Crippen LogP contribution in [-0.2, 0) is 16.4 Å². The number of methoxy groups -OCH3 is 2. The van der Waals surface area contributed by atoms with Crippen LogP contribution in [0, 0.1) is 0 Å². The van der Waals surface area contributed by atoms with Crippen LogP contribution < -0.4 is 20.1 Å². The molecular weight excluding hydrogens is 560 g/mol. The van der Waals surface area contributed by atoms with Crippen LogP contribution in [0.4, 0.5) is 36.8 Å². The van der Waals surface area contributed by atoms with Gasteiger partial charge >= 0.3 is 24.4 Å². The van der Waals surface area contributed by atoms with E-state index in [0.29, 0.717) is 11.5 Å². The van der Waals surface area contributed by atoms with Gasteiger partial charge in [-0.1, -0.05) is 12.1 Å². The molecule has 8 nitrogen and oxygen atoms in total. The van der Waals surface area contributed by atoms with Gasteiger partial charge in [-0.3, -0.25) is 0 Å². The number of fused-ring (bicyclic) bond motifs is 1. The summed E-state index contributed by atoms with van der Waals surface area (Å²) in [6.07, 6.45) is -6.13. The Balaban J connectivity index is 0.000000587. The number of benzene rings is 2. The highest BCUT2D eigenvalue weighted by atomic mass is 19.4. The maximum absolute atomic E-state index is 13.0. The molecule has 1 heterocycles. The minimum Gasteiger partial charge on any atom is -0.493 e. The second-order valence-corrected chi connectivity index (χ2v) is 9.92. The summed E-state index contributed by atoms with van der Waals surface area (Å²) in [6, 6.07) is 10.4. The van der Waals surface area contributed by atoms with E-state index < -0.39 is 29.9 Å². The lowest BCUT2D eigenvalue weighted by Gasteiger charge is -2.45. The number of likely N-dealkylation sites (tertiary alicyclic amines) is 1. The Morgan fingerprint density at radius 3 is 2.24 bits per heavy atom. The number of urea groups is 1. The zero-order chi connectivity index (χ0) is 30.6. The molecule has 0 aromatic heterocycles. The van der Waals surface area contributed by atoms with Gasteiger partial charge < -0.3 is 30.1 Å². The van der Waals surface area contributed by atoms with Crippen LogP contribution in [0.5, 0.6) is 11.5 Å². The molecule has 3 N–H and O–H groups in total. The zero-order valence-electron chi connectivity index (χ0n) is 22.5. The second kappa shape index (κ2) is 12.5. The Kier molecular flexibility index (Phi) is 9.67. The van der Waals surface area contributed by atoms with E-state index in [4.69, 9.17) is 19.4 Å². The van der Waals surface area contributed by atoms with Gasteiger partial charge in [0.15, 0.2) is 11.5 Å². The topological polar surface area (TPSA) is 100 Å². The van der Waals surface area contributed by atoms with Crippen LogP contribution in [0.15, 0.2) is 42.5 Å². The summed E-state index contributed by atoms with van der Waals surface area (Å²) < 4.78 is 81.5. The lowest BCUT2D eigenvalue weighted by molar-refractivity contribution is -0.192. The molecule has 1 saturated carbocycles. The first-order valence-electron chi connectivity index (χ1n) is 12.6. The molecular formula is C27H31F6N3O5. The molecule has 0 bridgehead atoms. The second-order valence-electron chi connectivity index (χ2n) is 9.92. The number of carboxylic acid groups (broad SMARTS) is 1. The number of nitrogens with zero attached hydrogens (tertiary/aromatic N) is 1. The van der Waals surface area contributed by atoms with Crippen molar-refractivity contribution < 1.29 is 50.5 Å². The van der Waals surface area contributed by atoms with E-state index in [1.54, 1.807) is 14.2 Å². The summed E-state index contributed by atoms with van der Waals surface area (Å²) in [5.41, 5.74) is 0.465. The smallest absolute Gasteiger partial charge is 0.490 e. The third kappa shape index (κ3) is 7.54. The predicted molar refractivity (Wildman–Crippen MR) is 137 cm³/mol. The number of alkyl halides is 6. The molecule has 2 aromatic carbocycles. The minimum absolute atomic E-state index is 0.0516. The molecule has 0 unspecified atom stereocenters. The predicted octanol–water partition coefficient (Wildman–Crippen LogP) is 5.67. The van der Waals surface area contributed by atoms with Crippen LogP contribution in [0.25, 0.3) is 0 Å². The molecule has 14 heteroatoms. The van der Waals surface area contributed by atoms with Crippen molar-refractivity contribution >= 4 is 17.7 Å². The quantitative estimate of drug-likeness (QED) is 0.388. The fraction of sp³-hybridized carbons (Fsp3) is 0.481. The van der Waals surface area contributed by atoms with Gasteiger partial charge in [-0.05, 0) is 75.2 Å². The highest BCUT2D eigenvalue weighted by molar-refractivity contribution is 5.89. The number of anilines is 1. The van der Waals surface area contributed by atoms with Crippen LogP contribution in [0.1, 0.15) is 36.8 Å². The van der Waals surface area contributed by atoms with Crippen molar-refractivity contribution in [3.05, 3.63) is 53.6 Å². The molecule has 1 aliphatic heterocycles. The maximum Gasteiger partial charge on any atom is 0.490 e. The molecule has 0 spiro atoms. The first-order valence-corrected chi connectivity index (χ1v) is 12.6. The summed E-state index contributed by atoms with van der Waals surface area (Å²) in [6.45, 7) is 0.947. The van der Waals surface area contributed by atoms with E-state index >= 15 is 0 Å². The van der Waals surface area contributed by atoms with Gasteiger partial charge in [-0.15, -0.1) is 0 Å². The number of aliphatic carboxylic acids is 1. The number of hydrogen-bond acceptors (Lipinski definition) is 5. The Morgan fingerprint density at radius 2 is 1.66 bits per heavy atom. The zero-order valence-corrected chi connectivity index (χ0v) is 22.5. The van der Waals surface area contributed by atoms with Crippen molar-refractivity contribution in [2.45, 2.75) is 55.5 Å². The lowest BCUT2D eigenvalue weighted by atomic mass is 9.65. The summed E-state index contributed by atoms with van der Waals surface area (Å²) >= 11 is 0. The van der Waals surface area contributed by atoms with Gasteiger partial charge in [-0.2, -0.15) is 26.3 Å². The SMILES string of the molecule is COc1ccc([C@@]23CC[C@@H](NC(=O)Nc4cccc(C(F)(F)F)c4)C[C@@H]2N(C)CC3)cc1OC.O=C(O)C(F)(F)F. The molecule has 4 rings (SSSR count). The van der Waals surface area contributed by atoms with Crippen molar-refractivity contribution in [2.24, 2.45) is 0 Å². The molecule has 2 aromatic rings. The lowest BCUT2D eigenvalue weighted by Crippen LogP contribution is -2.52. The van der Waals surface area contributed by atoms with Crippen molar-refractivity contribution in [3.63, 3.8) is 0 Å². The number of hydrogen-bond donors (Lipinski definition) is 3. The monoisotopic (exact) mass is 591 g/mol. The molecule has 226 valence electrons. The van der Waals surface area contributed by atoms with Gasteiger partial charge in [0.2, 0.25) is 0 Å². The van der Waals surface area contributed by atoms with Gasteiger partial charge in [0.25, 0.3) is 0 Å². The Labute approximate surface area is 232 Å². The number of carbonyl (C=O) groups excluding carboxylic acids is 1. The molecule has 2 fully saturated rings. The first kappa shape index (κ1) is 31.8. The minimum atomic E-state index is -5.08. The van der Waals surface area contributed by atoms with Crippen LogP contribution >= 0.6 is 0 Å². The Hall–Kier alpha value is -3.68. The van der Waals surface area contributed by atoms with Gasteiger partial charge in [0.1, 0.15) is 0 Å². The molecule has 2 amide bonds. The summed E-state index contributed by atoms with van der Waals surface area (Å²) in [5, 5.41) is 12.6. The number of nitrogens with one attached hydrogen (secondary N) is 2. The van der Waals surface area contributed by atoms with E-state index in [-0.39, 0.29) is 23.2 Å². The maximum atomic E-state index is 13.0.